The number of ketones is 2. The zero-order chi connectivity index (χ0) is 33.4. The smallest absolute Gasteiger partial charge is 0.301 e. The molecule has 0 radical (unpaired) electrons. The van der Waals surface area contributed by atoms with Gasteiger partial charge in [-0.05, 0) is 49.5 Å². The van der Waals surface area contributed by atoms with Crippen LogP contribution < -0.4 is 14.5 Å². The zero-order valence-electron chi connectivity index (χ0n) is 25.2. The lowest BCUT2D eigenvalue weighted by Crippen LogP contribution is -2.39. The van der Waals surface area contributed by atoms with Gasteiger partial charge < -0.3 is 14.7 Å². The molecule has 4 aliphatic rings. The van der Waals surface area contributed by atoms with Crippen LogP contribution in [0.15, 0.2) is 64.8 Å². The van der Waals surface area contributed by atoms with Crippen molar-refractivity contribution in [2.75, 3.05) is 31.0 Å². The number of nitro groups is 2. The molecule has 2 aromatic carbocycles. The molecule has 4 atom stereocenters. The summed E-state index contributed by atoms with van der Waals surface area (Å²) in [6, 6.07) is 6.53. The number of Topliss-reactive ketones (excluding diaryl/α,β-unsaturated/α-hetero) is 1. The number of phenols is 1. The van der Waals surface area contributed by atoms with Crippen LogP contribution in [-0.4, -0.2) is 59.5 Å². The summed E-state index contributed by atoms with van der Waals surface area (Å²) in [5, 5.41) is 34.2. The van der Waals surface area contributed by atoms with Gasteiger partial charge in [0.1, 0.15) is 0 Å². The Morgan fingerprint density at radius 2 is 1.63 bits per heavy atom. The van der Waals surface area contributed by atoms with E-state index in [0.717, 1.165) is 17.0 Å². The Hall–Kier alpha value is -5.66. The summed E-state index contributed by atoms with van der Waals surface area (Å²) in [6.07, 6.45) is 3.15. The first-order chi connectivity index (χ1) is 21.8. The molecule has 3 aliphatic carbocycles. The molecular formula is C32H28N4O10. The number of anilines is 2. The van der Waals surface area contributed by atoms with Crippen molar-refractivity contribution in [3.05, 3.63) is 90.6 Å². The monoisotopic (exact) mass is 628 g/mol. The maximum atomic E-state index is 14.2. The molecule has 1 aliphatic heterocycles. The highest BCUT2D eigenvalue weighted by atomic mass is 16.6. The Kier molecular flexibility index (Phi) is 7.10. The normalized spacial score (nSPS) is 23.8. The summed E-state index contributed by atoms with van der Waals surface area (Å²) < 4.78 is 5.30. The minimum absolute atomic E-state index is 0.00344. The molecule has 46 heavy (non-hydrogen) atoms. The second-order valence-corrected chi connectivity index (χ2v) is 11.9. The average molecular weight is 629 g/mol. The van der Waals surface area contributed by atoms with Crippen molar-refractivity contribution >= 4 is 46.1 Å². The third-order valence-electron chi connectivity index (χ3n) is 9.25. The van der Waals surface area contributed by atoms with Gasteiger partial charge in [0, 0.05) is 48.9 Å². The van der Waals surface area contributed by atoms with E-state index in [2.05, 4.69) is 0 Å². The van der Waals surface area contributed by atoms with E-state index in [1.807, 2.05) is 0 Å². The van der Waals surface area contributed by atoms with Gasteiger partial charge in [-0.25, -0.2) is 4.90 Å². The number of nitro benzene ring substituents is 2. The second-order valence-electron chi connectivity index (χ2n) is 11.9. The third kappa shape index (κ3) is 4.39. The molecule has 1 N–H and O–H groups in total. The van der Waals surface area contributed by atoms with Gasteiger partial charge in [-0.15, -0.1) is 0 Å². The number of hydrogen-bond donors (Lipinski definition) is 1. The number of rotatable bonds is 6. The molecule has 2 amide bonds. The highest BCUT2D eigenvalue weighted by Gasteiger charge is 2.57. The quantitative estimate of drug-likeness (QED) is 0.160. The van der Waals surface area contributed by atoms with Gasteiger partial charge in [0.05, 0.1) is 34.5 Å². The maximum Gasteiger partial charge on any atom is 0.301 e. The van der Waals surface area contributed by atoms with E-state index in [1.165, 1.54) is 45.2 Å². The largest absolute Gasteiger partial charge is 0.504 e. The topological polar surface area (TPSA) is 190 Å². The Morgan fingerprint density at radius 1 is 0.978 bits per heavy atom. The third-order valence-corrected chi connectivity index (χ3v) is 9.25. The Balaban J connectivity index is 1.49. The van der Waals surface area contributed by atoms with Gasteiger partial charge in [-0.2, -0.15) is 0 Å². The fraction of sp³-hybridized carbons (Fsp3) is 0.312. The number of imide groups is 1. The highest BCUT2D eigenvalue weighted by Crippen LogP contribution is 2.56. The molecule has 0 saturated carbocycles. The number of aromatic hydroxyl groups is 1. The lowest BCUT2D eigenvalue weighted by Gasteiger charge is -2.42. The van der Waals surface area contributed by atoms with E-state index in [9.17, 15) is 44.5 Å². The van der Waals surface area contributed by atoms with Crippen LogP contribution in [0.3, 0.4) is 0 Å². The fourth-order valence-corrected chi connectivity index (χ4v) is 7.35. The van der Waals surface area contributed by atoms with Crippen molar-refractivity contribution in [1.82, 2.24) is 0 Å². The first-order valence-corrected chi connectivity index (χ1v) is 14.4. The Morgan fingerprint density at radius 3 is 2.22 bits per heavy atom. The SMILES string of the molecule is COc1cc([C@H]2C3=CC[C@@H]4C(=O)N(c5cc([N+](=O)[O-])c(N(C)C)c([N+](=O)[O-])c5)C(=O)[C@@H]4[C@@H]3CC3=C2C(=O)C=C(C)C3=O)ccc1O. The zero-order valence-corrected chi connectivity index (χ0v) is 25.2. The number of fused-ring (bicyclic) bond motifs is 3. The highest BCUT2D eigenvalue weighted by molar-refractivity contribution is 6.25. The van der Waals surface area contributed by atoms with Crippen molar-refractivity contribution in [1.29, 1.82) is 0 Å². The molecule has 0 aromatic heterocycles. The van der Waals surface area contributed by atoms with Gasteiger partial charge in [0.25, 0.3) is 0 Å². The first-order valence-electron chi connectivity index (χ1n) is 14.4. The summed E-state index contributed by atoms with van der Waals surface area (Å²) in [7, 11) is 4.18. The second kappa shape index (κ2) is 10.8. The molecule has 1 saturated heterocycles. The van der Waals surface area contributed by atoms with Gasteiger partial charge in [0.2, 0.25) is 11.8 Å². The van der Waals surface area contributed by atoms with Crippen molar-refractivity contribution < 1.29 is 38.9 Å². The molecule has 0 spiro atoms. The molecule has 0 unspecified atom stereocenters. The number of benzene rings is 2. The summed E-state index contributed by atoms with van der Waals surface area (Å²) in [5.74, 6) is -5.51. The molecule has 1 fully saturated rings. The molecule has 6 rings (SSSR count). The minimum atomic E-state index is -1.01. The van der Waals surface area contributed by atoms with E-state index in [4.69, 9.17) is 4.74 Å². The minimum Gasteiger partial charge on any atom is -0.504 e. The van der Waals surface area contributed by atoms with Crippen molar-refractivity contribution in [3.8, 4) is 11.5 Å². The van der Waals surface area contributed by atoms with E-state index in [1.54, 1.807) is 18.2 Å². The van der Waals surface area contributed by atoms with Crippen LogP contribution in [0.1, 0.15) is 31.2 Å². The number of ether oxygens (including phenoxy) is 1. The number of carbonyl (C=O) groups excluding carboxylic acids is 4. The summed E-state index contributed by atoms with van der Waals surface area (Å²) >= 11 is 0. The summed E-state index contributed by atoms with van der Waals surface area (Å²) in [4.78, 5) is 79.4. The predicted molar refractivity (Wildman–Crippen MR) is 163 cm³/mol. The van der Waals surface area contributed by atoms with Crippen LogP contribution in [0.5, 0.6) is 11.5 Å². The molecule has 14 heteroatoms. The molecule has 14 nitrogen and oxygen atoms in total. The van der Waals surface area contributed by atoms with Crippen LogP contribution in [0.25, 0.3) is 0 Å². The van der Waals surface area contributed by atoms with Crippen molar-refractivity contribution in [2.45, 2.75) is 25.7 Å². The van der Waals surface area contributed by atoms with Crippen LogP contribution in [0.2, 0.25) is 0 Å². The number of hydrogen-bond acceptors (Lipinski definition) is 11. The number of nitrogens with zero attached hydrogens (tertiary/aromatic N) is 4. The van der Waals surface area contributed by atoms with Gasteiger partial charge in [-0.1, -0.05) is 17.7 Å². The number of allylic oxidation sites excluding steroid dienone is 6. The predicted octanol–water partition coefficient (Wildman–Crippen LogP) is 3.92. The Labute approximate surface area is 261 Å². The number of methoxy groups -OCH3 is 1. The molecular weight excluding hydrogens is 600 g/mol. The molecule has 0 bridgehead atoms. The standard InChI is InChI=1S/C32H28N4O10/c1-14-9-24(38)28-20(30(14)39)13-19-17(26(28)15-5-8-23(37)25(10-15)46-4)6-7-18-27(19)32(41)34(31(18)40)16-11-21(35(42)43)29(33(2)3)22(12-16)36(44)45/h5-6,8-12,18-19,26-27,37H,7,13H2,1-4H3/t18-,19+,26-,27-/m0/s1. The summed E-state index contributed by atoms with van der Waals surface area (Å²) in [6.45, 7) is 1.53. The summed E-state index contributed by atoms with van der Waals surface area (Å²) in [5.41, 5.74) is 0.0109. The average Bonchev–Trinajstić information content (AvgIpc) is 3.27. The van der Waals surface area contributed by atoms with Crippen LogP contribution in [-0.2, 0) is 19.2 Å². The van der Waals surface area contributed by atoms with E-state index >= 15 is 0 Å². The number of carbonyl (C=O) groups is 4. The van der Waals surface area contributed by atoms with Gasteiger partial charge >= 0.3 is 11.4 Å². The Bertz CT molecular complexity index is 1870. The van der Waals surface area contributed by atoms with Crippen LogP contribution in [0.4, 0.5) is 22.7 Å². The van der Waals surface area contributed by atoms with E-state index in [-0.39, 0.29) is 64.0 Å². The molecule has 1 heterocycles. The van der Waals surface area contributed by atoms with E-state index < -0.39 is 56.7 Å². The molecule has 2 aromatic rings. The number of phenolic OH excluding ortho intramolecular Hbond substituents is 1. The van der Waals surface area contributed by atoms with E-state index in [0.29, 0.717) is 11.1 Å². The lowest BCUT2D eigenvalue weighted by molar-refractivity contribution is -0.392. The fourth-order valence-electron chi connectivity index (χ4n) is 7.35. The lowest BCUT2D eigenvalue weighted by atomic mass is 9.59. The van der Waals surface area contributed by atoms with Crippen LogP contribution >= 0.6 is 0 Å². The first kappa shape index (κ1) is 30.4. The maximum absolute atomic E-state index is 14.2. The van der Waals surface area contributed by atoms with Crippen LogP contribution in [0, 0.1) is 38.0 Å². The van der Waals surface area contributed by atoms with Crippen molar-refractivity contribution in [3.63, 3.8) is 0 Å². The van der Waals surface area contributed by atoms with Gasteiger partial charge in [0.15, 0.2) is 28.8 Å². The van der Waals surface area contributed by atoms with Crippen molar-refractivity contribution in [2.24, 2.45) is 17.8 Å². The molecule has 236 valence electrons. The number of amides is 2. The van der Waals surface area contributed by atoms with Gasteiger partial charge in [-0.3, -0.25) is 39.4 Å².